The second-order valence-corrected chi connectivity index (χ2v) is 5.40. The average molecular weight is 269 g/mol. The van der Waals surface area contributed by atoms with Gasteiger partial charge in [0.15, 0.2) is 5.96 Å². The highest BCUT2D eigenvalue weighted by Gasteiger charge is 2.21. The Kier molecular flexibility index (Phi) is 7.82. The van der Waals surface area contributed by atoms with Crippen LogP contribution < -0.4 is 10.6 Å². The first-order valence-electron chi connectivity index (χ1n) is 7.58. The smallest absolute Gasteiger partial charge is 0.191 e. The molecular formula is C14H31N5. The summed E-state index contributed by atoms with van der Waals surface area (Å²) in [6.07, 6.45) is 2.40. The van der Waals surface area contributed by atoms with Gasteiger partial charge in [-0.3, -0.25) is 9.89 Å². The quantitative estimate of drug-likeness (QED) is 0.421. The van der Waals surface area contributed by atoms with Gasteiger partial charge in [0, 0.05) is 38.8 Å². The lowest BCUT2D eigenvalue weighted by Gasteiger charge is -2.36. The second kappa shape index (κ2) is 9.15. The van der Waals surface area contributed by atoms with Crippen molar-refractivity contribution in [3.8, 4) is 0 Å². The summed E-state index contributed by atoms with van der Waals surface area (Å²) in [4.78, 5) is 9.52. The number of unbranched alkanes of at least 4 members (excludes halogenated alkanes) is 1. The predicted molar refractivity (Wildman–Crippen MR) is 82.8 cm³/mol. The van der Waals surface area contributed by atoms with Gasteiger partial charge in [-0.1, -0.05) is 13.3 Å². The zero-order chi connectivity index (χ0) is 14.1. The van der Waals surface area contributed by atoms with Gasteiger partial charge >= 0.3 is 0 Å². The Morgan fingerprint density at radius 3 is 2.68 bits per heavy atom. The molecule has 2 N–H and O–H groups in total. The zero-order valence-corrected chi connectivity index (χ0v) is 13.1. The van der Waals surface area contributed by atoms with E-state index in [1.165, 1.54) is 12.8 Å². The van der Waals surface area contributed by atoms with Gasteiger partial charge in [-0.15, -0.1) is 0 Å². The van der Waals surface area contributed by atoms with Crippen molar-refractivity contribution in [1.29, 1.82) is 0 Å². The largest absolute Gasteiger partial charge is 0.357 e. The molecule has 0 aromatic carbocycles. The minimum Gasteiger partial charge on any atom is -0.357 e. The molecule has 0 saturated carbocycles. The molecule has 1 fully saturated rings. The number of guanidine groups is 1. The molecule has 19 heavy (non-hydrogen) atoms. The number of rotatable bonds is 6. The van der Waals surface area contributed by atoms with E-state index in [0.29, 0.717) is 6.04 Å². The van der Waals surface area contributed by atoms with Crippen molar-refractivity contribution in [2.75, 3.05) is 53.4 Å². The SMILES string of the molecule is CCCCNC(=NCC1CN(C)CCN1C)NCC. The van der Waals surface area contributed by atoms with E-state index in [-0.39, 0.29) is 0 Å². The monoisotopic (exact) mass is 269 g/mol. The number of piperazine rings is 1. The molecule has 0 spiro atoms. The molecule has 1 aliphatic rings. The maximum absolute atomic E-state index is 4.72. The van der Waals surface area contributed by atoms with E-state index >= 15 is 0 Å². The van der Waals surface area contributed by atoms with Crippen molar-refractivity contribution in [3.63, 3.8) is 0 Å². The van der Waals surface area contributed by atoms with E-state index in [4.69, 9.17) is 4.99 Å². The first-order valence-corrected chi connectivity index (χ1v) is 7.58. The molecule has 5 heteroatoms. The molecular weight excluding hydrogens is 238 g/mol. The van der Waals surface area contributed by atoms with Crippen LogP contribution in [0, 0.1) is 0 Å². The van der Waals surface area contributed by atoms with E-state index in [9.17, 15) is 0 Å². The lowest BCUT2D eigenvalue weighted by molar-refractivity contribution is 0.119. The average Bonchev–Trinajstić information content (AvgIpc) is 2.40. The van der Waals surface area contributed by atoms with Crippen LogP contribution in [0.3, 0.4) is 0 Å². The van der Waals surface area contributed by atoms with Crippen molar-refractivity contribution in [2.45, 2.75) is 32.7 Å². The summed E-state index contributed by atoms with van der Waals surface area (Å²) in [5.74, 6) is 0.956. The molecule has 0 amide bonds. The van der Waals surface area contributed by atoms with E-state index in [2.05, 4.69) is 48.4 Å². The van der Waals surface area contributed by atoms with Gasteiger partial charge in [-0.05, 0) is 27.4 Å². The number of aliphatic imine (C=N–C) groups is 1. The third kappa shape index (κ3) is 6.25. The maximum Gasteiger partial charge on any atom is 0.191 e. The molecule has 112 valence electrons. The lowest BCUT2D eigenvalue weighted by Crippen LogP contribution is -2.51. The molecule has 1 saturated heterocycles. The van der Waals surface area contributed by atoms with Gasteiger partial charge in [0.1, 0.15) is 0 Å². The van der Waals surface area contributed by atoms with Gasteiger partial charge in [-0.2, -0.15) is 0 Å². The molecule has 1 atom stereocenters. The predicted octanol–water partition coefficient (Wildman–Crippen LogP) is 0.587. The Morgan fingerprint density at radius 1 is 1.21 bits per heavy atom. The molecule has 0 bridgehead atoms. The van der Waals surface area contributed by atoms with Crippen molar-refractivity contribution in [3.05, 3.63) is 0 Å². The highest BCUT2D eigenvalue weighted by atomic mass is 15.3. The van der Waals surface area contributed by atoms with Gasteiger partial charge in [0.25, 0.3) is 0 Å². The number of hydrogen-bond donors (Lipinski definition) is 2. The van der Waals surface area contributed by atoms with Gasteiger partial charge in [0.2, 0.25) is 0 Å². The Balaban J connectivity index is 2.43. The molecule has 0 aromatic heterocycles. The zero-order valence-electron chi connectivity index (χ0n) is 13.1. The highest BCUT2D eigenvalue weighted by molar-refractivity contribution is 5.79. The van der Waals surface area contributed by atoms with E-state index in [0.717, 1.165) is 45.2 Å². The van der Waals surface area contributed by atoms with Crippen LogP contribution in [0.5, 0.6) is 0 Å². The normalized spacial score (nSPS) is 22.5. The fourth-order valence-electron chi connectivity index (χ4n) is 2.22. The Bertz CT molecular complexity index is 267. The molecule has 1 rings (SSSR count). The summed E-state index contributed by atoms with van der Waals surface area (Å²) in [5, 5.41) is 6.71. The minimum atomic E-state index is 0.528. The van der Waals surface area contributed by atoms with Crippen LogP contribution in [-0.4, -0.2) is 75.2 Å². The number of nitrogens with one attached hydrogen (secondary N) is 2. The highest BCUT2D eigenvalue weighted by Crippen LogP contribution is 2.05. The Hall–Kier alpha value is -0.810. The van der Waals surface area contributed by atoms with Crippen LogP contribution >= 0.6 is 0 Å². The number of likely N-dealkylation sites (N-methyl/N-ethyl adjacent to an activating group) is 2. The van der Waals surface area contributed by atoms with Crippen molar-refractivity contribution in [2.24, 2.45) is 4.99 Å². The van der Waals surface area contributed by atoms with E-state index < -0.39 is 0 Å². The molecule has 5 nitrogen and oxygen atoms in total. The summed E-state index contributed by atoms with van der Waals surface area (Å²) in [7, 11) is 4.39. The van der Waals surface area contributed by atoms with Gasteiger partial charge in [0.05, 0.1) is 6.54 Å². The molecule has 1 aliphatic heterocycles. The van der Waals surface area contributed by atoms with Crippen molar-refractivity contribution < 1.29 is 0 Å². The molecule has 1 unspecified atom stereocenters. The van der Waals surface area contributed by atoms with Crippen LogP contribution in [0.1, 0.15) is 26.7 Å². The van der Waals surface area contributed by atoms with Crippen LogP contribution in [0.4, 0.5) is 0 Å². The van der Waals surface area contributed by atoms with Crippen molar-refractivity contribution >= 4 is 5.96 Å². The standard InChI is InChI=1S/C14H31N5/c1-5-7-8-16-14(15-6-2)17-11-13-12-18(3)9-10-19(13)4/h13H,5-12H2,1-4H3,(H2,15,16,17). The summed E-state index contributed by atoms with van der Waals surface area (Å²) in [5.41, 5.74) is 0. The van der Waals surface area contributed by atoms with Gasteiger partial charge < -0.3 is 15.5 Å². The molecule has 0 radical (unpaired) electrons. The lowest BCUT2D eigenvalue weighted by atomic mass is 10.2. The summed E-state index contributed by atoms with van der Waals surface area (Å²) in [6, 6.07) is 0.528. The molecule has 0 aliphatic carbocycles. The van der Waals surface area contributed by atoms with Crippen LogP contribution in [0.25, 0.3) is 0 Å². The summed E-state index contributed by atoms with van der Waals surface area (Å²) in [6.45, 7) is 10.5. The first-order chi connectivity index (χ1) is 9.17. The maximum atomic E-state index is 4.72. The second-order valence-electron chi connectivity index (χ2n) is 5.40. The Labute approximate surface area is 118 Å². The molecule has 0 aromatic rings. The van der Waals surface area contributed by atoms with Crippen molar-refractivity contribution in [1.82, 2.24) is 20.4 Å². The number of hydrogen-bond acceptors (Lipinski definition) is 3. The summed E-state index contributed by atoms with van der Waals surface area (Å²) < 4.78 is 0. The van der Waals surface area contributed by atoms with Crippen LogP contribution in [0.2, 0.25) is 0 Å². The minimum absolute atomic E-state index is 0.528. The fraction of sp³-hybridized carbons (Fsp3) is 0.929. The fourth-order valence-corrected chi connectivity index (χ4v) is 2.22. The topological polar surface area (TPSA) is 42.9 Å². The number of nitrogens with zero attached hydrogens (tertiary/aromatic N) is 3. The Morgan fingerprint density at radius 2 is 2.00 bits per heavy atom. The van der Waals surface area contributed by atoms with E-state index in [1.54, 1.807) is 0 Å². The third-order valence-electron chi connectivity index (χ3n) is 3.61. The van der Waals surface area contributed by atoms with Gasteiger partial charge in [-0.25, -0.2) is 0 Å². The summed E-state index contributed by atoms with van der Waals surface area (Å²) >= 11 is 0. The van der Waals surface area contributed by atoms with Crippen LogP contribution in [0.15, 0.2) is 4.99 Å². The van der Waals surface area contributed by atoms with E-state index in [1.807, 2.05) is 0 Å². The first kappa shape index (κ1) is 16.2. The third-order valence-corrected chi connectivity index (χ3v) is 3.61. The molecule has 1 heterocycles. The van der Waals surface area contributed by atoms with Crippen LogP contribution in [-0.2, 0) is 0 Å².